The molecule has 3 rings (SSSR count). The van der Waals surface area contributed by atoms with Crippen molar-refractivity contribution in [2.24, 2.45) is 0 Å². The predicted octanol–water partition coefficient (Wildman–Crippen LogP) is 2.62. The van der Waals surface area contributed by atoms with E-state index in [1.54, 1.807) is 19.1 Å². The van der Waals surface area contributed by atoms with Gasteiger partial charge in [-0.15, -0.1) is 0 Å². The summed E-state index contributed by atoms with van der Waals surface area (Å²) in [5.74, 6) is -2.08. The van der Waals surface area contributed by atoms with Gasteiger partial charge in [-0.05, 0) is 36.8 Å². The molecule has 0 bridgehead atoms. The highest BCUT2D eigenvalue weighted by molar-refractivity contribution is 7.89. The van der Waals surface area contributed by atoms with Gasteiger partial charge < -0.3 is 0 Å². The standard InChI is InChI=1S/C17H17ClF2N2O4S2/c1-12-2-3-13(18)10-17(12)28(25,26)22-8-6-21(7-9-22)27(23,24)16-5-4-14(19)11-15(16)20/h2-5,10-11H,6-9H2,1H3. The molecule has 0 spiro atoms. The first-order valence-corrected chi connectivity index (χ1v) is 11.5. The summed E-state index contributed by atoms with van der Waals surface area (Å²) < 4.78 is 80.1. The first kappa shape index (κ1) is 21.1. The second-order valence-electron chi connectivity index (χ2n) is 6.29. The Morgan fingerprint density at radius 1 is 0.821 bits per heavy atom. The fraction of sp³-hybridized carbons (Fsp3) is 0.294. The zero-order chi connectivity index (χ0) is 20.7. The topological polar surface area (TPSA) is 74.8 Å². The summed E-state index contributed by atoms with van der Waals surface area (Å²) in [6, 6.07) is 6.74. The Kier molecular flexibility index (Phi) is 5.79. The van der Waals surface area contributed by atoms with Crippen molar-refractivity contribution in [3.8, 4) is 0 Å². The Hall–Kier alpha value is -1.59. The van der Waals surface area contributed by atoms with Crippen molar-refractivity contribution in [2.45, 2.75) is 16.7 Å². The molecule has 1 aliphatic heterocycles. The van der Waals surface area contributed by atoms with Crippen LogP contribution in [0.2, 0.25) is 5.02 Å². The number of benzene rings is 2. The predicted molar refractivity (Wildman–Crippen MR) is 100 cm³/mol. The molecule has 0 radical (unpaired) electrons. The van der Waals surface area contributed by atoms with Crippen LogP contribution in [0, 0.1) is 18.6 Å². The Balaban J connectivity index is 1.81. The third-order valence-corrected chi connectivity index (χ3v) is 8.68. The van der Waals surface area contributed by atoms with E-state index in [9.17, 15) is 25.6 Å². The minimum Gasteiger partial charge on any atom is -0.207 e. The fourth-order valence-corrected chi connectivity index (χ4v) is 6.34. The van der Waals surface area contributed by atoms with E-state index in [0.717, 1.165) is 16.4 Å². The third-order valence-electron chi connectivity index (χ3n) is 4.48. The van der Waals surface area contributed by atoms with Gasteiger partial charge in [0.25, 0.3) is 0 Å². The van der Waals surface area contributed by atoms with Gasteiger partial charge in [0, 0.05) is 37.3 Å². The molecule has 2 aromatic rings. The van der Waals surface area contributed by atoms with Crippen LogP contribution in [0.25, 0.3) is 0 Å². The molecule has 0 N–H and O–H groups in total. The monoisotopic (exact) mass is 450 g/mol. The van der Waals surface area contributed by atoms with E-state index < -0.39 is 36.6 Å². The number of halogens is 3. The zero-order valence-corrected chi connectivity index (χ0v) is 17.2. The molecule has 1 fully saturated rings. The van der Waals surface area contributed by atoms with Gasteiger partial charge >= 0.3 is 0 Å². The van der Waals surface area contributed by atoms with Crippen molar-refractivity contribution >= 4 is 31.6 Å². The van der Waals surface area contributed by atoms with Crippen LogP contribution in [0.15, 0.2) is 46.2 Å². The number of hydrogen-bond acceptors (Lipinski definition) is 4. The van der Waals surface area contributed by atoms with Crippen molar-refractivity contribution in [1.82, 2.24) is 8.61 Å². The van der Waals surface area contributed by atoms with Crippen molar-refractivity contribution in [3.63, 3.8) is 0 Å². The van der Waals surface area contributed by atoms with Crippen LogP contribution in [-0.2, 0) is 20.0 Å². The number of aryl methyl sites for hydroxylation is 1. The van der Waals surface area contributed by atoms with Crippen molar-refractivity contribution < 1.29 is 25.6 Å². The fourth-order valence-electron chi connectivity index (χ4n) is 2.96. The molecule has 0 amide bonds. The van der Waals surface area contributed by atoms with Crippen molar-refractivity contribution in [1.29, 1.82) is 0 Å². The Morgan fingerprint density at radius 2 is 1.36 bits per heavy atom. The molecule has 0 saturated carbocycles. The molecule has 0 aromatic heterocycles. The minimum atomic E-state index is -4.21. The average molecular weight is 451 g/mol. The second-order valence-corrected chi connectivity index (χ2v) is 10.5. The molecule has 0 unspecified atom stereocenters. The summed E-state index contributed by atoms with van der Waals surface area (Å²) in [6.45, 7) is 1.13. The SMILES string of the molecule is Cc1ccc(Cl)cc1S(=O)(=O)N1CCN(S(=O)(=O)c2ccc(F)cc2F)CC1. The lowest BCUT2D eigenvalue weighted by atomic mass is 10.2. The molecule has 6 nitrogen and oxygen atoms in total. The smallest absolute Gasteiger partial charge is 0.207 e. The van der Waals surface area contributed by atoms with Crippen LogP contribution >= 0.6 is 11.6 Å². The van der Waals surface area contributed by atoms with E-state index in [0.29, 0.717) is 11.6 Å². The van der Waals surface area contributed by atoms with Gasteiger partial charge in [0.15, 0.2) is 0 Å². The molecule has 1 heterocycles. The summed E-state index contributed by atoms with van der Waals surface area (Å²) in [7, 11) is -8.07. The normalized spacial score (nSPS) is 17.0. The quantitative estimate of drug-likeness (QED) is 0.717. The second kappa shape index (κ2) is 7.68. The van der Waals surface area contributed by atoms with Gasteiger partial charge in [-0.2, -0.15) is 8.61 Å². The lowest BCUT2D eigenvalue weighted by molar-refractivity contribution is 0.272. The van der Waals surface area contributed by atoms with Gasteiger partial charge in [0.1, 0.15) is 16.5 Å². The van der Waals surface area contributed by atoms with E-state index in [4.69, 9.17) is 11.6 Å². The summed E-state index contributed by atoms with van der Waals surface area (Å²) in [5, 5.41) is 0.275. The third kappa shape index (κ3) is 3.92. The molecule has 28 heavy (non-hydrogen) atoms. The number of nitrogens with zero attached hydrogens (tertiary/aromatic N) is 2. The van der Waals surface area contributed by atoms with Gasteiger partial charge in [-0.3, -0.25) is 0 Å². The van der Waals surface area contributed by atoms with Crippen LogP contribution < -0.4 is 0 Å². The van der Waals surface area contributed by atoms with E-state index in [1.807, 2.05) is 0 Å². The summed E-state index contributed by atoms with van der Waals surface area (Å²) >= 11 is 5.91. The molecular formula is C17H17ClF2N2O4S2. The van der Waals surface area contributed by atoms with Crippen molar-refractivity contribution in [2.75, 3.05) is 26.2 Å². The Labute approximate surface area is 167 Å². The minimum absolute atomic E-state index is 0.0564. The van der Waals surface area contributed by atoms with Crippen LogP contribution in [0.1, 0.15) is 5.56 Å². The van der Waals surface area contributed by atoms with Gasteiger partial charge in [-0.25, -0.2) is 25.6 Å². The number of hydrogen-bond donors (Lipinski definition) is 0. The van der Waals surface area contributed by atoms with E-state index in [2.05, 4.69) is 0 Å². The maximum absolute atomic E-state index is 13.9. The average Bonchev–Trinajstić information content (AvgIpc) is 2.63. The van der Waals surface area contributed by atoms with Crippen LogP contribution in [0.3, 0.4) is 0 Å². The molecule has 2 aromatic carbocycles. The van der Waals surface area contributed by atoms with E-state index in [1.165, 1.54) is 10.4 Å². The van der Waals surface area contributed by atoms with E-state index >= 15 is 0 Å². The number of piperazine rings is 1. The molecule has 11 heteroatoms. The summed E-state index contributed by atoms with van der Waals surface area (Å²) in [6.07, 6.45) is 0. The maximum atomic E-state index is 13.9. The van der Waals surface area contributed by atoms with Gasteiger partial charge in [0.2, 0.25) is 20.0 Å². The van der Waals surface area contributed by atoms with Gasteiger partial charge in [0.05, 0.1) is 4.90 Å². The molecule has 0 atom stereocenters. The Bertz CT molecular complexity index is 1120. The molecule has 1 aliphatic rings. The summed E-state index contributed by atoms with van der Waals surface area (Å²) in [5.41, 5.74) is 0.521. The van der Waals surface area contributed by atoms with Crippen LogP contribution in [-0.4, -0.2) is 51.6 Å². The van der Waals surface area contributed by atoms with Crippen LogP contribution in [0.4, 0.5) is 8.78 Å². The Morgan fingerprint density at radius 3 is 1.89 bits per heavy atom. The highest BCUT2D eigenvalue weighted by Gasteiger charge is 2.35. The lowest BCUT2D eigenvalue weighted by Gasteiger charge is -2.33. The molecule has 0 aliphatic carbocycles. The van der Waals surface area contributed by atoms with Crippen LogP contribution in [0.5, 0.6) is 0 Å². The number of sulfonamides is 2. The number of rotatable bonds is 4. The largest absolute Gasteiger partial charge is 0.246 e. The first-order chi connectivity index (χ1) is 13.0. The summed E-state index contributed by atoms with van der Waals surface area (Å²) in [4.78, 5) is -0.586. The molecule has 152 valence electrons. The molecular weight excluding hydrogens is 434 g/mol. The van der Waals surface area contributed by atoms with E-state index in [-0.39, 0.29) is 36.1 Å². The lowest BCUT2D eigenvalue weighted by Crippen LogP contribution is -2.50. The van der Waals surface area contributed by atoms with Crippen molar-refractivity contribution in [3.05, 3.63) is 58.6 Å². The zero-order valence-electron chi connectivity index (χ0n) is 14.8. The molecule has 1 saturated heterocycles. The highest BCUT2D eigenvalue weighted by Crippen LogP contribution is 2.26. The maximum Gasteiger partial charge on any atom is 0.246 e. The highest BCUT2D eigenvalue weighted by atomic mass is 35.5. The first-order valence-electron chi connectivity index (χ1n) is 8.25. The van der Waals surface area contributed by atoms with Gasteiger partial charge in [-0.1, -0.05) is 17.7 Å².